The first kappa shape index (κ1) is 17.0. The Morgan fingerprint density at radius 3 is 2.92 bits per heavy atom. The molecule has 0 aliphatic carbocycles. The Kier molecular flexibility index (Phi) is 4.61. The Bertz CT molecular complexity index is 904. The Morgan fingerprint density at radius 1 is 1.23 bits per heavy atom. The minimum absolute atomic E-state index is 0.590. The molecule has 3 aromatic rings. The van der Waals surface area contributed by atoms with Crippen LogP contribution in [0.5, 0.6) is 11.6 Å². The van der Waals surface area contributed by atoms with Crippen LogP contribution in [0.3, 0.4) is 0 Å². The fourth-order valence-corrected chi connectivity index (χ4v) is 3.60. The largest absolute Gasteiger partial charge is 0.437 e. The smallest absolute Gasteiger partial charge is 0.222 e. The summed E-state index contributed by atoms with van der Waals surface area (Å²) in [6.07, 6.45) is 5.01. The summed E-state index contributed by atoms with van der Waals surface area (Å²) in [5, 5.41) is 1.16. The summed E-state index contributed by atoms with van der Waals surface area (Å²) in [6.45, 7) is 2.90. The van der Waals surface area contributed by atoms with Gasteiger partial charge in [0.05, 0.1) is 12.1 Å². The molecule has 2 aromatic heterocycles. The van der Waals surface area contributed by atoms with Gasteiger partial charge in [-0.3, -0.25) is 4.90 Å². The van der Waals surface area contributed by atoms with E-state index in [1.54, 1.807) is 6.20 Å². The van der Waals surface area contributed by atoms with Crippen LogP contribution >= 0.6 is 0 Å². The molecule has 6 heteroatoms. The van der Waals surface area contributed by atoms with Crippen LogP contribution in [0.1, 0.15) is 12.2 Å². The number of benzene rings is 1. The fourth-order valence-electron chi connectivity index (χ4n) is 3.60. The lowest BCUT2D eigenvalue weighted by atomic mass is 10.2. The number of para-hydroxylation sites is 1. The van der Waals surface area contributed by atoms with Crippen LogP contribution in [0, 0.1) is 0 Å². The van der Waals surface area contributed by atoms with E-state index in [9.17, 15) is 0 Å². The van der Waals surface area contributed by atoms with Crippen LogP contribution < -0.4 is 4.74 Å². The van der Waals surface area contributed by atoms with E-state index in [0.29, 0.717) is 11.9 Å². The van der Waals surface area contributed by atoms with E-state index in [4.69, 9.17) is 4.74 Å². The number of rotatable bonds is 5. The van der Waals surface area contributed by atoms with Crippen molar-refractivity contribution in [1.82, 2.24) is 24.3 Å². The maximum absolute atomic E-state index is 6.10. The Morgan fingerprint density at radius 2 is 2.12 bits per heavy atom. The first-order valence-electron chi connectivity index (χ1n) is 9.03. The maximum Gasteiger partial charge on any atom is 0.222 e. The molecule has 0 amide bonds. The molecule has 1 atom stereocenters. The van der Waals surface area contributed by atoms with Crippen molar-refractivity contribution in [2.75, 3.05) is 27.2 Å². The molecule has 3 heterocycles. The number of hydrogen-bond donors (Lipinski definition) is 0. The molecule has 1 unspecified atom stereocenters. The molecule has 0 bridgehead atoms. The van der Waals surface area contributed by atoms with E-state index in [2.05, 4.69) is 50.6 Å². The second-order valence-corrected chi connectivity index (χ2v) is 7.18. The highest BCUT2D eigenvalue weighted by Gasteiger charge is 2.24. The molecule has 136 valence electrons. The van der Waals surface area contributed by atoms with Crippen molar-refractivity contribution >= 4 is 10.9 Å². The number of fused-ring (bicyclic) bond motifs is 1. The minimum Gasteiger partial charge on any atom is -0.437 e. The normalized spacial score (nSPS) is 18.1. The van der Waals surface area contributed by atoms with Crippen LogP contribution in [-0.4, -0.2) is 57.6 Å². The summed E-state index contributed by atoms with van der Waals surface area (Å²) >= 11 is 0. The van der Waals surface area contributed by atoms with Crippen LogP contribution in [0.2, 0.25) is 0 Å². The number of nitrogens with zero attached hydrogens (tertiary/aromatic N) is 5. The average molecular weight is 351 g/mol. The zero-order valence-electron chi connectivity index (χ0n) is 15.6. The van der Waals surface area contributed by atoms with Crippen LogP contribution in [0.15, 0.2) is 42.7 Å². The van der Waals surface area contributed by atoms with Gasteiger partial charge in [-0.1, -0.05) is 12.1 Å². The number of aromatic nitrogens is 3. The highest BCUT2D eigenvalue weighted by molar-refractivity contribution is 5.86. The monoisotopic (exact) mass is 351 g/mol. The van der Waals surface area contributed by atoms with E-state index in [-0.39, 0.29) is 0 Å². The van der Waals surface area contributed by atoms with Crippen molar-refractivity contribution in [2.24, 2.45) is 7.05 Å². The van der Waals surface area contributed by atoms with Gasteiger partial charge in [-0.2, -0.15) is 4.98 Å². The number of likely N-dealkylation sites (N-methyl/N-ethyl adjacent to an activating group) is 1. The summed E-state index contributed by atoms with van der Waals surface area (Å²) < 4.78 is 8.16. The molecule has 1 fully saturated rings. The minimum atomic E-state index is 0.590. The molecule has 0 radical (unpaired) electrons. The SMILES string of the molecule is CN(C)C1CCN(Cc2nccc(Oc3cccc4ccn(C)c34)n2)C1. The molecule has 1 aromatic carbocycles. The lowest BCUT2D eigenvalue weighted by Gasteiger charge is -2.19. The Balaban J connectivity index is 1.50. The van der Waals surface area contributed by atoms with E-state index in [0.717, 1.165) is 42.1 Å². The lowest BCUT2D eigenvalue weighted by Crippen LogP contribution is -2.31. The molecule has 0 N–H and O–H groups in total. The third-order valence-corrected chi connectivity index (χ3v) is 5.10. The van der Waals surface area contributed by atoms with Crippen molar-refractivity contribution in [3.05, 3.63) is 48.5 Å². The van der Waals surface area contributed by atoms with Crippen LogP contribution in [0.25, 0.3) is 10.9 Å². The second kappa shape index (κ2) is 7.05. The molecular formula is C20H25N5O. The zero-order chi connectivity index (χ0) is 18.1. The summed E-state index contributed by atoms with van der Waals surface area (Å²) in [7, 11) is 6.31. The van der Waals surface area contributed by atoms with Crippen molar-refractivity contribution in [3.8, 4) is 11.6 Å². The molecule has 6 nitrogen and oxygen atoms in total. The quantitative estimate of drug-likeness (QED) is 0.707. The van der Waals surface area contributed by atoms with Gasteiger partial charge in [0.2, 0.25) is 5.88 Å². The lowest BCUT2D eigenvalue weighted by molar-refractivity contribution is 0.260. The van der Waals surface area contributed by atoms with Crippen LogP contribution in [0.4, 0.5) is 0 Å². The first-order chi connectivity index (χ1) is 12.6. The van der Waals surface area contributed by atoms with E-state index in [1.807, 2.05) is 31.4 Å². The topological polar surface area (TPSA) is 46.4 Å². The second-order valence-electron chi connectivity index (χ2n) is 7.18. The number of hydrogen-bond acceptors (Lipinski definition) is 5. The van der Waals surface area contributed by atoms with E-state index in [1.165, 1.54) is 6.42 Å². The Hall–Kier alpha value is -2.44. The standard InChI is InChI=1S/C20H25N5O/c1-23(2)16-9-12-25(13-16)14-18-21-10-7-19(22-18)26-17-6-4-5-15-8-11-24(3)20(15)17/h4-8,10-11,16H,9,12-14H2,1-3H3. The fraction of sp³-hybridized carbons (Fsp3) is 0.400. The highest BCUT2D eigenvalue weighted by Crippen LogP contribution is 2.29. The van der Waals surface area contributed by atoms with Crippen molar-refractivity contribution in [2.45, 2.75) is 19.0 Å². The third kappa shape index (κ3) is 3.43. The molecular weight excluding hydrogens is 326 g/mol. The van der Waals surface area contributed by atoms with Gasteiger partial charge in [0, 0.05) is 50.0 Å². The van der Waals surface area contributed by atoms with Crippen LogP contribution in [-0.2, 0) is 13.6 Å². The molecule has 0 spiro atoms. The van der Waals surface area contributed by atoms with Gasteiger partial charge in [0.25, 0.3) is 0 Å². The predicted octanol–water partition coefficient (Wildman–Crippen LogP) is 2.90. The molecule has 0 saturated carbocycles. The summed E-state index contributed by atoms with van der Waals surface area (Å²) in [5.41, 5.74) is 1.07. The highest BCUT2D eigenvalue weighted by atomic mass is 16.5. The third-order valence-electron chi connectivity index (χ3n) is 5.10. The van der Waals surface area contributed by atoms with Gasteiger partial charge in [-0.05, 0) is 32.6 Å². The molecule has 1 aliphatic heterocycles. The van der Waals surface area contributed by atoms with Crippen molar-refractivity contribution in [3.63, 3.8) is 0 Å². The average Bonchev–Trinajstić information content (AvgIpc) is 3.23. The zero-order valence-corrected chi connectivity index (χ0v) is 15.6. The van der Waals surface area contributed by atoms with Crippen molar-refractivity contribution in [1.29, 1.82) is 0 Å². The predicted molar refractivity (Wildman–Crippen MR) is 102 cm³/mol. The molecule has 1 saturated heterocycles. The van der Waals surface area contributed by atoms with Gasteiger partial charge in [-0.25, -0.2) is 4.98 Å². The molecule has 1 aliphatic rings. The summed E-state index contributed by atoms with van der Waals surface area (Å²) in [4.78, 5) is 13.8. The van der Waals surface area contributed by atoms with Gasteiger partial charge in [0.15, 0.2) is 5.75 Å². The van der Waals surface area contributed by atoms with Gasteiger partial charge < -0.3 is 14.2 Å². The summed E-state index contributed by atoms with van der Waals surface area (Å²) in [5.74, 6) is 2.21. The van der Waals surface area contributed by atoms with Gasteiger partial charge >= 0.3 is 0 Å². The number of aryl methyl sites for hydroxylation is 1. The summed E-state index contributed by atoms with van der Waals surface area (Å²) in [6, 6.07) is 10.6. The molecule has 4 rings (SSSR count). The maximum atomic E-state index is 6.10. The first-order valence-corrected chi connectivity index (χ1v) is 9.03. The van der Waals surface area contributed by atoms with Gasteiger partial charge in [-0.15, -0.1) is 0 Å². The van der Waals surface area contributed by atoms with Crippen molar-refractivity contribution < 1.29 is 4.74 Å². The number of likely N-dealkylation sites (tertiary alicyclic amines) is 1. The van der Waals surface area contributed by atoms with Gasteiger partial charge in [0.1, 0.15) is 5.82 Å². The number of ether oxygens (including phenoxy) is 1. The van der Waals surface area contributed by atoms with E-state index >= 15 is 0 Å². The Labute approximate surface area is 154 Å². The molecule has 26 heavy (non-hydrogen) atoms. The van der Waals surface area contributed by atoms with E-state index < -0.39 is 0 Å².